The number of aliphatic imine (C=N–C) groups is 1. The monoisotopic (exact) mass is 427 g/mol. The van der Waals surface area contributed by atoms with Gasteiger partial charge in [0.25, 0.3) is 0 Å². The summed E-state index contributed by atoms with van der Waals surface area (Å²) < 4.78 is 5.84. The predicted molar refractivity (Wildman–Crippen MR) is 120 cm³/mol. The van der Waals surface area contributed by atoms with Gasteiger partial charge in [-0.15, -0.1) is 5.11 Å². The Bertz CT molecular complexity index is 879. The summed E-state index contributed by atoms with van der Waals surface area (Å²) in [5, 5.41) is 13.6. The Morgan fingerprint density at radius 1 is 1.35 bits per heavy atom. The van der Waals surface area contributed by atoms with Crippen molar-refractivity contribution in [1.82, 2.24) is 15.5 Å². The Balaban J connectivity index is 1.90. The van der Waals surface area contributed by atoms with Gasteiger partial charge in [-0.25, -0.2) is 4.99 Å². The minimum atomic E-state index is -0.355. The number of amides is 1. The summed E-state index contributed by atoms with van der Waals surface area (Å²) >= 11 is 0. The Kier molecular flexibility index (Phi) is 8.13. The number of nitrogens with one attached hydrogen (secondary N) is 2. The number of allylic oxidation sites excluding steroid dienone is 1. The van der Waals surface area contributed by atoms with Gasteiger partial charge >= 0.3 is 0 Å². The van der Waals surface area contributed by atoms with E-state index in [1.54, 1.807) is 6.92 Å². The fourth-order valence-electron chi connectivity index (χ4n) is 3.76. The average Bonchev–Trinajstić information content (AvgIpc) is 2.75. The second kappa shape index (κ2) is 11.0. The van der Waals surface area contributed by atoms with Gasteiger partial charge in [0.05, 0.1) is 12.2 Å². The second-order valence-corrected chi connectivity index (χ2v) is 7.89. The van der Waals surface area contributed by atoms with Crippen molar-refractivity contribution in [2.75, 3.05) is 19.7 Å². The molecule has 1 atom stereocenters. The van der Waals surface area contributed by atoms with Crippen LogP contribution in [-0.4, -0.2) is 42.6 Å². The van der Waals surface area contributed by atoms with Crippen LogP contribution >= 0.6 is 0 Å². The SMILES string of the molecule is CCCCOC(C)/N=C1\C(=C(/C)N=NN)NC(=O)CN1Cc1ccc2c(c1)CCNC2. The molecular formula is C22H33N7O2. The van der Waals surface area contributed by atoms with Crippen LogP contribution < -0.4 is 16.5 Å². The molecule has 1 unspecified atom stereocenters. The molecule has 0 aromatic heterocycles. The smallest absolute Gasteiger partial charge is 0.244 e. The average molecular weight is 428 g/mol. The van der Waals surface area contributed by atoms with Gasteiger partial charge in [-0.2, -0.15) is 0 Å². The van der Waals surface area contributed by atoms with Crippen LogP contribution in [0.3, 0.4) is 0 Å². The number of ether oxygens (including phenoxy) is 1. The lowest BCUT2D eigenvalue weighted by Gasteiger charge is -2.33. The molecule has 2 aliphatic heterocycles. The van der Waals surface area contributed by atoms with Crippen molar-refractivity contribution in [1.29, 1.82) is 0 Å². The third-order valence-corrected chi connectivity index (χ3v) is 5.38. The fourth-order valence-corrected chi connectivity index (χ4v) is 3.76. The minimum Gasteiger partial charge on any atom is -0.357 e. The highest BCUT2D eigenvalue weighted by atomic mass is 16.5. The fraction of sp³-hybridized carbons (Fsp3) is 0.545. The van der Waals surface area contributed by atoms with E-state index < -0.39 is 0 Å². The van der Waals surface area contributed by atoms with Gasteiger partial charge in [-0.05, 0) is 49.9 Å². The quantitative estimate of drug-likeness (QED) is 0.255. The molecule has 1 aromatic rings. The van der Waals surface area contributed by atoms with Gasteiger partial charge in [0.15, 0.2) is 5.84 Å². The van der Waals surface area contributed by atoms with Crippen molar-refractivity contribution in [3.63, 3.8) is 0 Å². The largest absolute Gasteiger partial charge is 0.357 e. The molecule has 168 valence electrons. The molecule has 2 heterocycles. The summed E-state index contributed by atoms with van der Waals surface area (Å²) in [6.45, 7) is 9.06. The van der Waals surface area contributed by atoms with E-state index in [1.807, 2.05) is 11.8 Å². The van der Waals surface area contributed by atoms with Crippen molar-refractivity contribution in [2.24, 2.45) is 21.2 Å². The molecule has 4 N–H and O–H groups in total. The van der Waals surface area contributed by atoms with Crippen LogP contribution in [0.15, 0.2) is 44.9 Å². The van der Waals surface area contributed by atoms with Crippen LogP contribution in [-0.2, 0) is 29.0 Å². The predicted octanol–water partition coefficient (Wildman–Crippen LogP) is 2.38. The summed E-state index contributed by atoms with van der Waals surface area (Å²) in [5.74, 6) is 5.76. The molecule has 1 saturated heterocycles. The Hall–Kier alpha value is -2.78. The molecule has 0 aliphatic carbocycles. The topological polar surface area (TPSA) is 117 Å². The van der Waals surface area contributed by atoms with Crippen LogP contribution in [0.5, 0.6) is 0 Å². The van der Waals surface area contributed by atoms with Crippen LogP contribution in [0.1, 0.15) is 50.3 Å². The summed E-state index contributed by atoms with van der Waals surface area (Å²) in [7, 11) is 0. The lowest BCUT2D eigenvalue weighted by molar-refractivity contribution is -0.121. The number of amidine groups is 1. The normalized spacial score (nSPS) is 20.7. The second-order valence-electron chi connectivity index (χ2n) is 7.89. The Morgan fingerprint density at radius 3 is 2.97 bits per heavy atom. The van der Waals surface area contributed by atoms with E-state index in [-0.39, 0.29) is 18.7 Å². The Morgan fingerprint density at radius 2 is 2.19 bits per heavy atom. The van der Waals surface area contributed by atoms with E-state index in [4.69, 9.17) is 15.6 Å². The molecule has 2 aliphatic rings. The maximum absolute atomic E-state index is 12.5. The number of carbonyl (C=O) groups is 1. The number of hydrogen-bond donors (Lipinski definition) is 3. The molecule has 9 heteroatoms. The number of nitrogens with two attached hydrogens (primary N) is 1. The molecule has 0 bridgehead atoms. The van der Waals surface area contributed by atoms with Gasteiger partial charge in [-0.1, -0.05) is 36.8 Å². The maximum Gasteiger partial charge on any atom is 0.244 e. The van der Waals surface area contributed by atoms with Gasteiger partial charge in [0.1, 0.15) is 11.9 Å². The molecule has 0 radical (unpaired) electrons. The molecule has 31 heavy (non-hydrogen) atoms. The molecule has 0 spiro atoms. The van der Waals surface area contributed by atoms with E-state index in [2.05, 4.69) is 46.1 Å². The van der Waals surface area contributed by atoms with Crippen molar-refractivity contribution in [3.8, 4) is 0 Å². The zero-order valence-electron chi connectivity index (χ0n) is 18.6. The number of benzene rings is 1. The highest BCUT2D eigenvalue weighted by Crippen LogP contribution is 2.21. The molecule has 1 aromatic carbocycles. The number of piperazine rings is 1. The molecule has 0 saturated carbocycles. The number of fused-ring (bicyclic) bond motifs is 1. The molecule has 3 rings (SSSR count). The van der Waals surface area contributed by atoms with Crippen LogP contribution in [0.4, 0.5) is 0 Å². The van der Waals surface area contributed by atoms with Gasteiger partial charge < -0.3 is 26.1 Å². The van der Waals surface area contributed by atoms with E-state index >= 15 is 0 Å². The Labute approximate surface area is 183 Å². The minimum absolute atomic E-state index is 0.123. The van der Waals surface area contributed by atoms with Crippen molar-refractivity contribution in [2.45, 2.75) is 59.4 Å². The zero-order valence-corrected chi connectivity index (χ0v) is 18.6. The number of carbonyl (C=O) groups excluding carboxylic acids is 1. The first-order valence-corrected chi connectivity index (χ1v) is 10.9. The summed E-state index contributed by atoms with van der Waals surface area (Å²) in [5.41, 5.74) is 4.84. The number of unbranched alkanes of at least 4 members (excludes halogenated alkanes) is 1. The standard InChI is InChI=1S/C22H33N7O2/c1-4-5-10-31-16(3)25-22-21(15(2)27-28-23)26-20(30)14-29(22)13-17-6-7-19-12-24-9-8-18(19)11-17/h6-7,11,16,24H,4-5,8-10,12-14H2,1-3H3,(H2,23,27)(H,26,30)/b21-15-,25-22+. The first-order valence-electron chi connectivity index (χ1n) is 10.9. The van der Waals surface area contributed by atoms with Crippen molar-refractivity contribution in [3.05, 3.63) is 46.3 Å². The lowest BCUT2D eigenvalue weighted by atomic mass is 9.98. The number of rotatable bonds is 8. The van der Waals surface area contributed by atoms with Crippen molar-refractivity contribution >= 4 is 11.7 Å². The molecule has 1 amide bonds. The highest BCUT2D eigenvalue weighted by molar-refractivity contribution is 6.06. The molecule has 1 fully saturated rings. The zero-order chi connectivity index (χ0) is 22.2. The van der Waals surface area contributed by atoms with Gasteiger partial charge in [-0.3, -0.25) is 4.79 Å². The highest BCUT2D eigenvalue weighted by Gasteiger charge is 2.29. The summed E-state index contributed by atoms with van der Waals surface area (Å²) in [6.07, 6.45) is 2.68. The first-order chi connectivity index (χ1) is 15.0. The lowest BCUT2D eigenvalue weighted by Crippen LogP contribution is -2.50. The van der Waals surface area contributed by atoms with E-state index in [1.165, 1.54) is 11.1 Å². The maximum atomic E-state index is 12.5. The third kappa shape index (κ3) is 6.11. The van der Waals surface area contributed by atoms with Gasteiger partial charge in [0.2, 0.25) is 5.91 Å². The molecule has 9 nitrogen and oxygen atoms in total. The van der Waals surface area contributed by atoms with Crippen LogP contribution in [0, 0.1) is 0 Å². The third-order valence-electron chi connectivity index (χ3n) is 5.38. The van der Waals surface area contributed by atoms with E-state index in [0.29, 0.717) is 30.4 Å². The summed E-state index contributed by atoms with van der Waals surface area (Å²) in [4.78, 5) is 19.2. The summed E-state index contributed by atoms with van der Waals surface area (Å²) in [6, 6.07) is 6.52. The van der Waals surface area contributed by atoms with Crippen LogP contribution in [0.25, 0.3) is 0 Å². The molecular weight excluding hydrogens is 394 g/mol. The first kappa shape index (κ1) is 22.9. The van der Waals surface area contributed by atoms with Crippen LogP contribution in [0.2, 0.25) is 0 Å². The van der Waals surface area contributed by atoms with Gasteiger partial charge in [0, 0.05) is 19.7 Å². The van der Waals surface area contributed by atoms with E-state index in [0.717, 1.165) is 37.9 Å². The number of hydrogen-bond acceptors (Lipinski definition) is 6. The van der Waals surface area contributed by atoms with Crippen molar-refractivity contribution < 1.29 is 9.53 Å². The number of nitrogens with zero attached hydrogens (tertiary/aromatic N) is 4. The van der Waals surface area contributed by atoms with E-state index in [9.17, 15) is 4.79 Å².